The van der Waals surface area contributed by atoms with Gasteiger partial charge in [-0.05, 0) is 63.4 Å². The van der Waals surface area contributed by atoms with Gasteiger partial charge in [0.15, 0.2) is 5.82 Å². The molecule has 0 aromatic carbocycles. The summed E-state index contributed by atoms with van der Waals surface area (Å²) in [7, 11) is 0. The number of aromatic nitrogens is 2. The maximum atomic E-state index is 13.0. The van der Waals surface area contributed by atoms with Gasteiger partial charge in [-0.1, -0.05) is 5.16 Å². The Morgan fingerprint density at radius 1 is 1.14 bits per heavy atom. The van der Waals surface area contributed by atoms with E-state index in [4.69, 9.17) is 4.52 Å². The molecule has 1 saturated carbocycles. The second kappa shape index (κ2) is 7.44. The number of fused-ring (bicyclic) bond motifs is 1. The summed E-state index contributed by atoms with van der Waals surface area (Å²) in [5.41, 5.74) is 2.03. The summed E-state index contributed by atoms with van der Waals surface area (Å²) in [4.78, 5) is 31.9. The highest BCUT2D eigenvalue weighted by atomic mass is 32.1. The van der Waals surface area contributed by atoms with Gasteiger partial charge < -0.3 is 14.5 Å². The van der Waals surface area contributed by atoms with Gasteiger partial charge in [-0.15, -0.1) is 11.3 Å². The normalized spacial score (nSPS) is 21.7. The molecule has 9 heteroatoms. The number of urea groups is 1. The molecular weight excluding hydrogens is 392 g/mol. The van der Waals surface area contributed by atoms with Gasteiger partial charge in [0.1, 0.15) is 11.0 Å². The zero-order valence-electron chi connectivity index (χ0n) is 16.1. The minimum atomic E-state index is -0.948. The summed E-state index contributed by atoms with van der Waals surface area (Å²) in [6, 6.07) is -1.13. The minimum Gasteiger partial charge on any atom is -0.480 e. The van der Waals surface area contributed by atoms with E-state index in [1.165, 1.54) is 15.3 Å². The summed E-state index contributed by atoms with van der Waals surface area (Å²) in [5.74, 6) is 0.659. The van der Waals surface area contributed by atoms with E-state index in [0.717, 1.165) is 62.8 Å². The first-order valence-corrected chi connectivity index (χ1v) is 11.2. The molecule has 1 aliphatic heterocycles. The van der Waals surface area contributed by atoms with Crippen LogP contribution in [0, 0.1) is 0 Å². The first-order chi connectivity index (χ1) is 14.1. The maximum absolute atomic E-state index is 13.0. The summed E-state index contributed by atoms with van der Waals surface area (Å²) in [6.07, 6.45) is 8.46. The molecule has 154 valence electrons. The lowest BCUT2D eigenvalue weighted by Gasteiger charge is -2.32. The van der Waals surface area contributed by atoms with Gasteiger partial charge in [-0.25, -0.2) is 9.59 Å². The summed E-state index contributed by atoms with van der Waals surface area (Å²) in [5, 5.41) is 17.3. The predicted molar refractivity (Wildman–Crippen MR) is 107 cm³/mol. The molecule has 0 radical (unpaired) electrons. The van der Waals surface area contributed by atoms with E-state index in [2.05, 4.69) is 15.5 Å². The first kappa shape index (κ1) is 18.6. The van der Waals surface area contributed by atoms with Crippen LogP contribution in [0.5, 0.6) is 0 Å². The number of hydrogen-bond acceptors (Lipinski definition) is 6. The number of aliphatic carboxylic acids is 1. The average molecular weight is 417 g/mol. The second-order valence-electron chi connectivity index (χ2n) is 8.12. The van der Waals surface area contributed by atoms with Crippen molar-refractivity contribution < 1.29 is 19.2 Å². The van der Waals surface area contributed by atoms with E-state index < -0.39 is 12.0 Å². The van der Waals surface area contributed by atoms with Crippen molar-refractivity contribution in [3.05, 3.63) is 16.3 Å². The molecule has 2 N–H and O–H groups in total. The number of nitrogens with one attached hydrogen (secondary N) is 1. The number of thiophene rings is 1. The SMILES string of the molecule is O=C(O)[C@H]1CCCCN1C(=O)Nc1sc2c(c1-c1nc(C3CC3)no1)CCCC2. The van der Waals surface area contributed by atoms with Gasteiger partial charge in [0.05, 0.1) is 5.56 Å². The number of anilines is 1. The standard InChI is InChI=1S/C20H24N4O4S/c25-19(26)13-6-3-4-10-24(13)20(27)22-18-15(12-5-1-2-7-14(12)29-18)17-21-16(23-28-17)11-8-9-11/h11,13H,1-10H2,(H,22,27)(H,25,26)/t13-/m1/s1. The fourth-order valence-electron chi connectivity index (χ4n) is 4.32. The monoisotopic (exact) mass is 416 g/mol. The Balaban J connectivity index is 1.46. The largest absolute Gasteiger partial charge is 0.480 e. The molecule has 3 heterocycles. The highest BCUT2D eigenvalue weighted by molar-refractivity contribution is 7.17. The molecule has 2 aromatic heterocycles. The zero-order chi connectivity index (χ0) is 20.0. The lowest BCUT2D eigenvalue weighted by molar-refractivity contribution is -0.143. The number of carboxylic acid groups (broad SMARTS) is 1. The summed E-state index contributed by atoms with van der Waals surface area (Å²) >= 11 is 1.56. The highest BCUT2D eigenvalue weighted by Crippen LogP contribution is 2.45. The van der Waals surface area contributed by atoms with Crippen LogP contribution in [-0.4, -0.2) is 44.7 Å². The molecule has 2 aliphatic carbocycles. The number of carbonyl (C=O) groups excluding carboxylic acids is 1. The molecule has 29 heavy (non-hydrogen) atoms. The van der Waals surface area contributed by atoms with E-state index in [1.807, 2.05) is 0 Å². The van der Waals surface area contributed by atoms with Crippen molar-refractivity contribution in [1.82, 2.24) is 15.0 Å². The average Bonchev–Trinajstić information content (AvgIpc) is 3.35. The molecule has 0 spiro atoms. The number of amides is 2. The van der Waals surface area contributed by atoms with Crippen LogP contribution in [-0.2, 0) is 17.6 Å². The fraction of sp³-hybridized carbons (Fsp3) is 0.600. The number of hydrogen-bond donors (Lipinski definition) is 2. The van der Waals surface area contributed by atoms with Crippen LogP contribution in [0.4, 0.5) is 9.80 Å². The van der Waals surface area contributed by atoms with E-state index in [1.54, 1.807) is 11.3 Å². The van der Waals surface area contributed by atoms with Crippen LogP contribution in [0.25, 0.3) is 11.5 Å². The van der Waals surface area contributed by atoms with Gasteiger partial charge >= 0.3 is 12.0 Å². The Kier molecular flexibility index (Phi) is 4.77. The number of piperidine rings is 1. The molecule has 8 nitrogen and oxygen atoms in total. The molecule has 0 unspecified atom stereocenters. The van der Waals surface area contributed by atoms with Crippen LogP contribution in [0.15, 0.2) is 4.52 Å². The number of carboxylic acids is 1. The van der Waals surface area contributed by atoms with Crippen LogP contribution >= 0.6 is 11.3 Å². The van der Waals surface area contributed by atoms with Gasteiger partial charge in [-0.3, -0.25) is 5.32 Å². The van der Waals surface area contributed by atoms with Gasteiger partial charge in [0, 0.05) is 17.3 Å². The second-order valence-corrected chi connectivity index (χ2v) is 9.23. The third-order valence-electron chi connectivity index (χ3n) is 6.04. The zero-order valence-corrected chi connectivity index (χ0v) is 17.0. The van der Waals surface area contributed by atoms with Crippen molar-refractivity contribution in [2.24, 2.45) is 0 Å². The molecule has 3 aliphatic rings. The molecule has 5 rings (SSSR count). The highest BCUT2D eigenvalue weighted by Gasteiger charge is 2.35. The lowest BCUT2D eigenvalue weighted by atomic mass is 9.95. The summed E-state index contributed by atoms with van der Waals surface area (Å²) in [6.45, 7) is 0.454. The molecule has 0 bridgehead atoms. The third-order valence-corrected chi connectivity index (χ3v) is 7.25. The van der Waals surface area contributed by atoms with Crippen molar-refractivity contribution in [2.75, 3.05) is 11.9 Å². The van der Waals surface area contributed by atoms with E-state index >= 15 is 0 Å². The van der Waals surface area contributed by atoms with E-state index in [9.17, 15) is 14.7 Å². The number of aryl methyl sites for hydroxylation is 1. The number of carbonyl (C=O) groups is 2. The van der Waals surface area contributed by atoms with E-state index in [-0.39, 0.29) is 6.03 Å². The smallest absolute Gasteiger partial charge is 0.326 e. The Hall–Kier alpha value is -2.42. The van der Waals surface area contributed by atoms with Gasteiger partial charge in [0.25, 0.3) is 5.89 Å². The Morgan fingerprint density at radius 2 is 1.97 bits per heavy atom. The van der Waals surface area contributed by atoms with Crippen molar-refractivity contribution in [3.8, 4) is 11.5 Å². The van der Waals surface area contributed by atoms with Gasteiger partial charge in [-0.2, -0.15) is 4.98 Å². The van der Waals surface area contributed by atoms with Crippen molar-refractivity contribution >= 4 is 28.3 Å². The van der Waals surface area contributed by atoms with Crippen molar-refractivity contribution in [2.45, 2.75) is 69.7 Å². The van der Waals surface area contributed by atoms with Crippen LogP contribution in [0.2, 0.25) is 0 Å². The molecule has 2 aromatic rings. The molecule has 1 saturated heterocycles. The van der Waals surface area contributed by atoms with E-state index in [0.29, 0.717) is 29.8 Å². The molecule has 2 amide bonds. The minimum absolute atomic E-state index is 0.362. The first-order valence-electron chi connectivity index (χ1n) is 10.4. The summed E-state index contributed by atoms with van der Waals surface area (Å²) < 4.78 is 5.59. The van der Waals surface area contributed by atoms with Crippen molar-refractivity contribution in [1.29, 1.82) is 0 Å². The number of likely N-dealkylation sites (tertiary alicyclic amines) is 1. The Labute approximate surface area is 172 Å². The lowest BCUT2D eigenvalue weighted by Crippen LogP contribution is -2.49. The Morgan fingerprint density at radius 3 is 2.76 bits per heavy atom. The predicted octanol–water partition coefficient (Wildman–Crippen LogP) is 4.03. The van der Waals surface area contributed by atoms with Crippen LogP contribution in [0.1, 0.15) is 67.1 Å². The van der Waals surface area contributed by atoms with Crippen molar-refractivity contribution in [3.63, 3.8) is 0 Å². The van der Waals surface area contributed by atoms with Crippen LogP contribution in [0.3, 0.4) is 0 Å². The quantitative estimate of drug-likeness (QED) is 0.779. The van der Waals surface area contributed by atoms with Crippen LogP contribution < -0.4 is 5.32 Å². The molecular formula is C20H24N4O4S. The topological polar surface area (TPSA) is 109 Å². The maximum Gasteiger partial charge on any atom is 0.326 e. The molecule has 2 fully saturated rings. The fourth-order valence-corrected chi connectivity index (χ4v) is 5.60. The third kappa shape index (κ3) is 3.52. The molecule has 1 atom stereocenters. The number of rotatable bonds is 4. The van der Waals surface area contributed by atoms with Gasteiger partial charge in [0.2, 0.25) is 0 Å². The number of nitrogens with zero attached hydrogens (tertiary/aromatic N) is 3. The Bertz CT molecular complexity index is 948.